The maximum absolute atomic E-state index is 13.6. The van der Waals surface area contributed by atoms with Crippen LogP contribution in [0.3, 0.4) is 0 Å². The number of amides is 1. The van der Waals surface area contributed by atoms with Crippen molar-refractivity contribution in [3.63, 3.8) is 0 Å². The monoisotopic (exact) mass is 411 g/mol. The summed E-state index contributed by atoms with van der Waals surface area (Å²) in [5, 5.41) is 0. The van der Waals surface area contributed by atoms with Crippen LogP contribution < -0.4 is 4.90 Å². The summed E-state index contributed by atoms with van der Waals surface area (Å²) in [5.41, 5.74) is 1.78. The van der Waals surface area contributed by atoms with Crippen molar-refractivity contribution in [2.45, 2.75) is 38.6 Å². The molecule has 7 heteroatoms. The minimum Gasteiger partial charge on any atom is -0.465 e. The number of para-hydroxylation sites is 2. The summed E-state index contributed by atoms with van der Waals surface area (Å²) in [7, 11) is 1.64. The average Bonchev–Trinajstić information content (AvgIpc) is 3.14. The topological polar surface area (TPSA) is 73.7 Å². The number of rotatable bonds is 7. The van der Waals surface area contributed by atoms with E-state index in [1.165, 1.54) is 0 Å². The lowest BCUT2D eigenvalue weighted by molar-refractivity contribution is -0.155. The normalized spacial score (nSPS) is 23.6. The molecule has 0 unspecified atom stereocenters. The van der Waals surface area contributed by atoms with Crippen LogP contribution >= 0.6 is 0 Å². The highest BCUT2D eigenvalue weighted by molar-refractivity contribution is 6.08. The Bertz CT molecular complexity index is 951. The highest BCUT2D eigenvalue weighted by Crippen LogP contribution is 2.44. The van der Waals surface area contributed by atoms with Crippen molar-refractivity contribution >= 4 is 28.9 Å². The summed E-state index contributed by atoms with van der Waals surface area (Å²) < 4.78 is 12.7. The number of imidazole rings is 1. The summed E-state index contributed by atoms with van der Waals surface area (Å²) in [4.78, 5) is 33.2. The van der Waals surface area contributed by atoms with Gasteiger partial charge in [-0.15, -0.1) is 0 Å². The van der Waals surface area contributed by atoms with Crippen LogP contribution in [-0.4, -0.2) is 48.3 Å². The van der Waals surface area contributed by atoms with Crippen molar-refractivity contribution in [3.05, 3.63) is 36.4 Å². The highest BCUT2D eigenvalue weighted by atomic mass is 16.5. The van der Waals surface area contributed by atoms with Crippen LogP contribution in [0.15, 0.2) is 36.4 Å². The molecule has 2 heterocycles. The van der Waals surface area contributed by atoms with E-state index in [0.717, 1.165) is 30.3 Å². The summed E-state index contributed by atoms with van der Waals surface area (Å²) in [5.74, 6) is -0.730. The number of hydrogen-bond donors (Lipinski definition) is 0. The number of esters is 1. The molecule has 160 valence electrons. The fourth-order valence-corrected chi connectivity index (χ4v) is 4.74. The molecule has 0 fully saturated rings. The van der Waals surface area contributed by atoms with Crippen molar-refractivity contribution in [2.75, 3.05) is 31.8 Å². The molecule has 2 aromatic rings. The maximum atomic E-state index is 13.6. The Kier molecular flexibility index (Phi) is 6.18. The van der Waals surface area contributed by atoms with Gasteiger partial charge in [-0.05, 0) is 50.7 Å². The molecule has 0 saturated heterocycles. The molecule has 2 aliphatic rings. The lowest BCUT2D eigenvalue weighted by Gasteiger charge is -2.41. The van der Waals surface area contributed by atoms with E-state index < -0.39 is 11.9 Å². The number of benzene rings is 1. The van der Waals surface area contributed by atoms with Crippen LogP contribution in [0.25, 0.3) is 11.0 Å². The van der Waals surface area contributed by atoms with Gasteiger partial charge in [-0.25, -0.2) is 4.98 Å². The Morgan fingerprint density at radius 3 is 2.83 bits per heavy atom. The van der Waals surface area contributed by atoms with Crippen LogP contribution in [0, 0.1) is 11.8 Å². The van der Waals surface area contributed by atoms with Gasteiger partial charge in [0.15, 0.2) is 5.92 Å². The largest absolute Gasteiger partial charge is 0.465 e. The molecule has 0 spiro atoms. The van der Waals surface area contributed by atoms with Crippen LogP contribution in [-0.2, 0) is 19.1 Å². The lowest BCUT2D eigenvalue weighted by Crippen LogP contribution is -2.52. The van der Waals surface area contributed by atoms with Gasteiger partial charge in [0.25, 0.3) is 0 Å². The Balaban J connectivity index is 1.86. The van der Waals surface area contributed by atoms with Gasteiger partial charge in [0, 0.05) is 20.3 Å². The third-order valence-corrected chi connectivity index (χ3v) is 6.05. The molecule has 1 aliphatic heterocycles. The Morgan fingerprint density at radius 2 is 2.10 bits per heavy atom. The van der Waals surface area contributed by atoms with Gasteiger partial charge in [-0.3, -0.25) is 14.5 Å². The number of nitrogens with zero attached hydrogens (tertiary/aromatic N) is 3. The number of carbonyl (C=O) groups is 2. The van der Waals surface area contributed by atoms with Crippen molar-refractivity contribution < 1.29 is 19.1 Å². The zero-order chi connectivity index (χ0) is 21.1. The first-order valence-corrected chi connectivity index (χ1v) is 10.8. The second-order valence-corrected chi connectivity index (χ2v) is 7.87. The number of fused-ring (bicyclic) bond motifs is 3. The second-order valence-electron chi connectivity index (χ2n) is 7.87. The van der Waals surface area contributed by atoms with E-state index in [0.29, 0.717) is 25.5 Å². The van der Waals surface area contributed by atoms with Gasteiger partial charge in [-0.1, -0.05) is 24.3 Å². The molecule has 0 saturated carbocycles. The van der Waals surface area contributed by atoms with Crippen molar-refractivity contribution in [2.24, 2.45) is 11.8 Å². The van der Waals surface area contributed by atoms with Gasteiger partial charge >= 0.3 is 5.97 Å². The smallest absolute Gasteiger partial charge is 0.320 e. The first kappa shape index (κ1) is 20.6. The third-order valence-electron chi connectivity index (χ3n) is 6.05. The minimum absolute atomic E-state index is 0.172. The molecule has 30 heavy (non-hydrogen) atoms. The molecule has 1 aliphatic carbocycles. The summed E-state index contributed by atoms with van der Waals surface area (Å²) in [6.07, 6.45) is 7.71. The third kappa shape index (κ3) is 3.62. The quantitative estimate of drug-likeness (QED) is 0.302. The van der Waals surface area contributed by atoms with Gasteiger partial charge in [0.05, 0.1) is 23.7 Å². The minimum atomic E-state index is -0.867. The maximum Gasteiger partial charge on any atom is 0.320 e. The van der Waals surface area contributed by atoms with E-state index >= 15 is 0 Å². The predicted molar refractivity (Wildman–Crippen MR) is 114 cm³/mol. The van der Waals surface area contributed by atoms with Gasteiger partial charge < -0.3 is 14.0 Å². The molecule has 3 atom stereocenters. The summed E-state index contributed by atoms with van der Waals surface area (Å²) in [6, 6.07) is 7.58. The van der Waals surface area contributed by atoms with Crippen LogP contribution in [0.4, 0.5) is 5.95 Å². The zero-order valence-electron chi connectivity index (χ0n) is 17.6. The van der Waals surface area contributed by atoms with Crippen molar-refractivity contribution in [3.8, 4) is 0 Å². The second kappa shape index (κ2) is 9.00. The van der Waals surface area contributed by atoms with Crippen molar-refractivity contribution in [1.82, 2.24) is 9.55 Å². The number of allylic oxidation sites excluding steroid dienone is 2. The SMILES string of the molecule is CCOC(=O)[C@@H]1C(=O)N(CCCOC)c2nc3ccccc3n2[C@H]1[C@H]1CC=CCC1. The Labute approximate surface area is 176 Å². The first-order chi connectivity index (χ1) is 14.7. The molecule has 0 bridgehead atoms. The fourth-order valence-electron chi connectivity index (χ4n) is 4.74. The number of hydrogen-bond acceptors (Lipinski definition) is 5. The lowest BCUT2D eigenvalue weighted by atomic mass is 9.79. The number of anilines is 1. The van der Waals surface area contributed by atoms with Gasteiger partial charge in [0.1, 0.15) is 0 Å². The van der Waals surface area contributed by atoms with Gasteiger partial charge in [0.2, 0.25) is 11.9 Å². The molecule has 1 aromatic carbocycles. The van der Waals surface area contributed by atoms with Gasteiger partial charge in [-0.2, -0.15) is 0 Å². The Morgan fingerprint density at radius 1 is 1.27 bits per heavy atom. The number of methoxy groups -OCH3 is 1. The van der Waals surface area contributed by atoms with E-state index in [2.05, 4.69) is 16.7 Å². The van der Waals surface area contributed by atoms with Crippen LogP contribution in [0.1, 0.15) is 38.6 Å². The highest BCUT2D eigenvalue weighted by Gasteiger charge is 2.49. The molecular weight excluding hydrogens is 382 g/mol. The number of carbonyl (C=O) groups excluding carboxylic acids is 2. The van der Waals surface area contributed by atoms with E-state index in [1.807, 2.05) is 24.3 Å². The molecule has 0 N–H and O–H groups in total. The average molecular weight is 412 g/mol. The zero-order valence-corrected chi connectivity index (χ0v) is 17.6. The van der Waals surface area contributed by atoms with Crippen LogP contribution in [0.2, 0.25) is 0 Å². The Hall–Kier alpha value is -2.67. The predicted octanol–water partition coefficient (Wildman–Crippen LogP) is 3.50. The molecule has 7 nitrogen and oxygen atoms in total. The molecule has 1 amide bonds. The van der Waals surface area contributed by atoms with Crippen LogP contribution in [0.5, 0.6) is 0 Å². The van der Waals surface area contributed by atoms with E-state index in [-0.39, 0.29) is 24.5 Å². The summed E-state index contributed by atoms with van der Waals surface area (Å²) >= 11 is 0. The van der Waals surface area contributed by atoms with E-state index in [9.17, 15) is 9.59 Å². The van der Waals surface area contributed by atoms with E-state index in [1.54, 1.807) is 18.9 Å². The van der Waals surface area contributed by atoms with Crippen molar-refractivity contribution in [1.29, 1.82) is 0 Å². The number of aromatic nitrogens is 2. The number of ether oxygens (including phenoxy) is 2. The molecule has 4 rings (SSSR count). The molecule has 1 aromatic heterocycles. The molecular formula is C23H29N3O4. The fraction of sp³-hybridized carbons (Fsp3) is 0.522. The molecule has 0 radical (unpaired) electrons. The van der Waals surface area contributed by atoms with E-state index in [4.69, 9.17) is 14.5 Å². The first-order valence-electron chi connectivity index (χ1n) is 10.8. The summed E-state index contributed by atoms with van der Waals surface area (Å²) in [6.45, 7) is 3.01. The standard InChI is InChI=1S/C23H29N3O4/c1-3-30-22(28)19-20(16-10-5-4-6-11-16)26-18-13-8-7-12-17(18)24-23(26)25(21(19)27)14-9-15-29-2/h4-5,7-8,12-13,16,19-20H,3,6,9-11,14-15H2,1-2H3/t16-,19-,20-/m0/s1.